The molecule has 1 unspecified atom stereocenters. The first kappa shape index (κ1) is 17.4. The number of methoxy groups -OCH3 is 2. The molecule has 4 rings (SSSR count). The first-order chi connectivity index (χ1) is 13.2. The Morgan fingerprint density at radius 2 is 1.85 bits per heavy atom. The number of ether oxygens (including phenoxy) is 3. The molecule has 0 spiro atoms. The molecule has 1 aliphatic rings. The van der Waals surface area contributed by atoms with Gasteiger partial charge in [-0.3, -0.25) is 0 Å². The van der Waals surface area contributed by atoms with Gasteiger partial charge in [0.1, 0.15) is 11.4 Å². The van der Waals surface area contributed by atoms with E-state index >= 15 is 0 Å². The number of anilines is 1. The van der Waals surface area contributed by atoms with Gasteiger partial charge in [-0.2, -0.15) is 0 Å². The van der Waals surface area contributed by atoms with Crippen molar-refractivity contribution < 1.29 is 14.2 Å². The second kappa shape index (κ2) is 7.32. The maximum atomic E-state index is 6.25. The Labute approximate surface area is 161 Å². The van der Waals surface area contributed by atoms with Crippen molar-refractivity contribution in [3.05, 3.63) is 48.0 Å². The van der Waals surface area contributed by atoms with E-state index in [0.29, 0.717) is 33.9 Å². The van der Waals surface area contributed by atoms with Gasteiger partial charge in [0.05, 0.1) is 14.2 Å². The molecule has 1 atom stereocenters. The Morgan fingerprint density at radius 1 is 1.04 bits per heavy atom. The molecule has 0 radical (unpaired) electrons. The van der Waals surface area contributed by atoms with E-state index < -0.39 is 6.23 Å². The highest BCUT2D eigenvalue weighted by atomic mass is 32.2. The van der Waals surface area contributed by atoms with E-state index in [1.54, 1.807) is 14.2 Å². The summed E-state index contributed by atoms with van der Waals surface area (Å²) in [7, 11) is 3.21. The zero-order chi connectivity index (χ0) is 18.8. The van der Waals surface area contributed by atoms with E-state index in [2.05, 4.69) is 20.5 Å². The van der Waals surface area contributed by atoms with Crippen LogP contribution < -0.4 is 19.5 Å². The van der Waals surface area contributed by atoms with Gasteiger partial charge in [0.15, 0.2) is 23.5 Å². The van der Waals surface area contributed by atoms with Gasteiger partial charge in [-0.15, -0.1) is 10.2 Å². The quantitative estimate of drug-likeness (QED) is 0.683. The summed E-state index contributed by atoms with van der Waals surface area (Å²) >= 11 is 1.44. The van der Waals surface area contributed by atoms with Crippen molar-refractivity contribution in [2.45, 2.75) is 11.4 Å². The third-order valence-electron chi connectivity index (χ3n) is 4.22. The number of benzene rings is 2. The highest BCUT2D eigenvalue weighted by molar-refractivity contribution is 7.98. The maximum Gasteiger partial charge on any atom is 0.210 e. The van der Waals surface area contributed by atoms with Gasteiger partial charge in [-0.25, -0.2) is 4.98 Å². The molecule has 3 aromatic rings. The standard InChI is InChI=1S/C19H18N4O3S/c1-24-14-9-8-11(10-15(14)25-2)18-20-17-16(22-23-19(21-17)27-3)12-6-4-5-7-13(12)26-18/h4-10,18H,1-3H3,(H,20,21,23). The molecule has 27 heavy (non-hydrogen) atoms. The highest BCUT2D eigenvalue weighted by Gasteiger charge is 2.26. The van der Waals surface area contributed by atoms with Crippen LogP contribution in [0.3, 0.4) is 0 Å². The van der Waals surface area contributed by atoms with Crippen molar-refractivity contribution in [1.29, 1.82) is 0 Å². The van der Waals surface area contributed by atoms with E-state index in [1.165, 1.54) is 11.8 Å². The van der Waals surface area contributed by atoms with Crippen LogP contribution in [0.15, 0.2) is 47.6 Å². The maximum absolute atomic E-state index is 6.25. The second-order valence-corrected chi connectivity index (χ2v) is 6.52. The van der Waals surface area contributed by atoms with Gasteiger partial charge in [0.25, 0.3) is 0 Å². The Kier molecular flexibility index (Phi) is 4.72. The van der Waals surface area contributed by atoms with Crippen LogP contribution in [-0.4, -0.2) is 35.7 Å². The molecule has 0 bridgehead atoms. The molecule has 0 fully saturated rings. The van der Waals surface area contributed by atoms with Crippen LogP contribution in [0.4, 0.5) is 5.82 Å². The summed E-state index contributed by atoms with van der Waals surface area (Å²) in [5.74, 6) is 2.61. The largest absolute Gasteiger partial charge is 0.493 e. The highest BCUT2D eigenvalue weighted by Crippen LogP contribution is 2.40. The summed E-state index contributed by atoms with van der Waals surface area (Å²) in [6.07, 6.45) is 1.44. The van der Waals surface area contributed by atoms with Crippen molar-refractivity contribution in [1.82, 2.24) is 15.2 Å². The normalized spacial score (nSPS) is 14.9. The summed E-state index contributed by atoms with van der Waals surface area (Å²) in [6.45, 7) is 0. The van der Waals surface area contributed by atoms with Crippen LogP contribution in [0.1, 0.15) is 11.8 Å². The SMILES string of the molecule is COc1ccc(C2Nc3nc(SC)nnc3-c3ccccc3O2)cc1OC. The van der Waals surface area contributed by atoms with Gasteiger partial charge in [0, 0.05) is 11.1 Å². The predicted molar refractivity (Wildman–Crippen MR) is 104 cm³/mol. The fourth-order valence-electron chi connectivity index (χ4n) is 2.89. The molecular formula is C19H18N4O3S. The first-order valence-electron chi connectivity index (χ1n) is 8.26. The Bertz CT molecular complexity index is 983. The molecular weight excluding hydrogens is 364 g/mol. The Hall–Kier alpha value is -3.00. The monoisotopic (exact) mass is 382 g/mol. The summed E-state index contributed by atoms with van der Waals surface area (Å²) in [5, 5.41) is 12.5. The minimum absolute atomic E-state index is 0.474. The number of rotatable bonds is 4. The second-order valence-electron chi connectivity index (χ2n) is 5.75. The lowest BCUT2D eigenvalue weighted by atomic mass is 10.1. The van der Waals surface area contributed by atoms with Gasteiger partial charge in [-0.1, -0.05) is 23.9 Å². The number of thioether (sulfide) groups is 1. The molecule has 0 saturated heterocycles. The van der Waals surface area contributed by atoms with Crippen molar-refractivity contribution in [2.75, 3.05) is 25.8 Å². The topological polar surface area (TPSA) is 78.4 Å². The van der Waals surface area contributed by atoms with Crippen molar-refractivity contribution in [3.8, 4) is 28.5 Å². The predicted octanol–water partition coefficient (Wildman–Crippen LogP) is 3.78. The average Bonchev–Trinajstić information content (AvgIpc) is 2.89. The smallest absolute Gasteiger partial charge is 0.210 e. The van der Waals surface area contributed by atoms with E-state index in [4.69, 9.17) is 14.2 Å². The molecule has 0 aliphatic carbocycles. The number of aromatic nitrogens is 3. The summed E-state index contributed by atoms with van der Waals surface area (Å²) in [5.41, 5.74) is 2.38. The molecule has 2 heterocycles. The first-order valence-corrected chi connectivity index (χ1v) is 9.49. The summed E-state index contributed by atoms with van der Waals surface area (Å²) < 4.78 is 17.0. The van der Waals surface area contributed by atoms with Crippen molar-refractivity contribution >= 4 is 17.6 Å². The van der Waals surface area contributed by atoms with Crippen LogP contribution in [0.25, 0.3) is 11.3 Å². The number of hydrogen-bond acceptors (Lipinski definition) is 8. The third kappa shape index (κ3) is 3.23. The molecule has 0 amide bonds. The Morgan fingerprint density at radius 3 is 2.63 bits per heavy atom. The number of hydrogen-bond donors (Lipinski definition) is 1. The van der Waals surface area contributed by atoms with Gasteiger partial charge in [0.2, 0.25) is 5.16 Å². The lowest BCUT2D eigenvalue weighted by Crippen LogP contribution is -2.17. The van der Waals surface area contributed by atoms with Crippen molar-refractivity contribution in [2.24, 2.45) is 0 Å². The number of nitrogens with one attached hydrogen (secondary N) is 1. The summed E-state index contributed by atoms with van der Waals surface area (Å²) in [4.78, 5) is 4.58. The zero-order valence-electron chi connectivity index (χ0n) is 15.1. The lowest BCUT2D eigenvalue weighted by molar-refractivity contribution is 0.237. The van der Waals surface area contributed by atoms with E-state index in [1.807, 2.05) is 48.7 Å². The van der Waals surface area contributed by atoms with E-state index in [0.717, 1.165) is 11.1 Å². The number of nitrogens with zero attached hydrogens (tertiary/aromatic N) is 3. The van der Waals surface area contributed by atoms with E-state index in [9.17, 15) is 0 Å². The molecule has 7 nitrogen and oxygen atoms in total. The molecule has 1 aliphatic heterocycles. The fourth-order valence-corrected chi connectivity index (χ4v) is 3.20. The molecule has 1 N–H and O–H groups in total. The minimum Gasteiger partial charge on any atom is -0.493 e. The average molecular weight is 382 g/mol. The zero-order valence-corrected chi connectivity index (χ0v) is 15.9. The van der Waals surface area contributed by atoms with Crippen LogP contribution in [0.2, 0.25) is 0 Å². The fraction of sp³-hybridized carbons (Fsp3) is 0.211. The third-order valence-corrected chi connectivity index (χ3v) is 4.75. The molecule has 138 valence electrons. The summed E-state index contributed by atoms with van der Waals surface area (Å²) in [6, 6.07) is 13.4. The molecule has 2 aromatic carbocycles. The van der Waals surface area contributed by atoms with Crippen LogP contribution in [0.5, 0.6) is 17.2 Å². The van der Waals surface area contributed by atoms with Crippen LogP contribution >= 0.6 is 11.8 Å². The lowest BCUT2D eigenvalue weighted by Gasteiger charge is -2.20. The molecule has 0 saturated carbocycles. The van der Waals surface area contributed by atoms with E-state index in [-0.39, 0.29) is 0 Å². The van der Waals surface area contributed by atoms with Crippen LogP contribution in [0, 0.1) is 0 Å². The van der Waals surface area contributed by atoms with Gasteiger partial charge >= 0.3 is 0 Å². The van der Waals surface area contributed by atoms with Crippen molar-refractivity contribution in [3.63, 3.8) is 0 Å². The van der Waals surface area contributed by atoms with Gasteiger partial charge < -0.3 is 19.5 Å². The number of para-hydroxylation sites is 1. The number of fused-ring (bicyclic) bond motifs is 3. The van der Waals surface area contributed by atoms with Crippen LogP contribution in [-0.2, 0) is 0 Å². The molecule has 8 heteroatoms. The Balaban J connectivity index is 1.82. The van der Waals surface area contributed by atoms with Gasteiger partial charge in [-0.05, 0) is 36.6 Å². The minimum atomic E-state index is -0.474. The molecule has 1 aromatic heterocycles.